The van der Waals surface area contributed by atoms with E-state index in [2.05, 4.69) is 20.8 Å². The van der Waals surface area contributed by atoms with Crippen LogP contribution in [0.2, 0.25) is 0 Å². The Morgan fingerprint density at radius 3 is 1.83 bits per heavy atom. The van der Waals surface area contributed by atoms with Crippen LogP contribution in [0.1, 0.15) is 32.3 Å². The average molecular weight is 560 g/mol. The second-order valence-corrected chi connectivity index (χ2v) is 9.73. The molecule has 0 spiro atoms. The lowest BCUT2D eigenvalue weighted by Gasteiger charge is -2.30. The summed E-state index contributed by atoms with van der Waals surface area (Å²) in [6.45, 7) is 7.03. The van der Waals surface area contributed by atoms with Gasteiger partial charge in [0.1, 0.15) is 0 Å². The van der Waals surface area contributed by atoms with Gasteiger partial charge in [0.15, 0.2) is 23.0 Å². The third-order valence-corrected chi connectivity index (χ3v) is 8.15. The van der Waals surface area contributed by atoms with E-state index in [1.165, 1.54) is 0 Å². The van der Waals surface area contributed by atoms with Gasteiger partial charge < -0.3 is 23.8 Å². The number of carbonyl (C=O) groups excluding carboxylic acids is 1. The van der Waals surface area contributed by atoms with E-state index in [1.807, 2.05) is 43.0 Å². The maximum atomic E-state index is 13.3. The summed E-state index contributed by atoms with van der Waals surface area (Å²) in [4.78, 5) is 17.6. The van der Waals surface area contributed by atoms with E-state index in [1.54, 1.807) is 28.4 Å². The van der Waals surface area contributed by atoms with E-state index in [0.717, 1.165) is 64.1 Å². The molecule has 0 unspecified atom stereocenters. The van der Waals surface area contributed by atoms with Gasteiger partial charge in [0.25, 0.3) is 0 Å². The second kappa shape index (κ2) is 11.1. The molecule has 194 valence electrons. The largest absolute Gasteiger partial charge is 0.493 e. The molecule has 1 saturated heterocycles. The van der Waals surface area contributed by atoms with Gasteiger partial charge in [-0.25, -0.2) is 0 Å². The highest BCUT2D eigenvalue weighted by molar-refractivity contribution is 9.10. The van der Waals surface area contributed by atoms with Gasteiger partial charge in [-0.15, -0.1) is 0 Å². The second-order valence-electron chi connectivity index (χ2n) is 8.94. The third-order valence-electron chi connectivity index (χ3n) is 7.25. The van der Waals surface area contributed by atoms with Crippen LogP contribution in [0, 0.1) is 0 Å². The molecule has 0 aromatic heterocycles. The Hall–Kier alpha value is -2.71. The summed E-state index contributed by atoms with van der Waals surface area (Å²) in [5.74, 6) is 2.85. The quantitative estimate of drug-likeness (QED) is 0.317. The maximum absolute atomic E-state index is 13.3. The van der Waals surface area contributed by atoms with Gasteiger partial charge >= 0.3 is 0 Å². The number of fused-ring (bicyclic) bond motifs is 3. The van der Waals surface area contributed by atoms with Crippen LogP contribution in [0.25, 0.3) is 21.5 Å². The molecule has 1 fully saturated rings. The Bertz CT molecular complexity index is 1270. The molecule has 7 nitrogen and oxygen atoms in total. The molecule has 36 heavy (non-hydrogen) atoms. The molecular weight excluding hydrogens is 524 g/mol. The zero-order valence-corrected chi connectivity index (χ0v) is 23.5. The Morgan fingerprint density at radius 1 is 0.861 bits per heavy atom. The summed E-state index contributed by atoms with van der Waals surface area (Å²) >= 11 is 3.93. The van der Waals surface area contributed by atoms with E-state index in [-0.39, 0.29) is 11.9 Å². The van der Waals surface area contributed by atoms with E-state index in [9.17, 15) is 4.79 Å². The van der Waals surface area contributed by atoms with Gasteiger partial charge in [0.05, 0.1) is 34.5 Å². The molecule has 3 aromatic rings. The molecule has 1 aliphatic heterocycles. The van der Waals surface area contributed by atoms with Crippen molar-refractivity contribution in [1.82, 2.24) is 9.80 Å². The summed E-state index contributed by atoms with van der Waals surface area (Å²) in [6, 6.07) is 7.93. The topological polar surface area (TPSA) is 60.5 Å². The first-order valence-corrected chi connectivity index (χ1v) is 13.2. The van der Waals surface area contributed by atoms with Crippen LogP contribution in [-0.4, -0.2) is 69.8 Å². The number of hydrogen-bond acceptors (Lipinski definition) is 6. The fourth-order valence-electron chi connectivity index (χ4n) is 5.31. The lowest BCUT2D eigenvalue weighted by Crippen LogP contribution is -2.45. The Kier molecular flexibility index (Phi) is 8.15. The van der Waals surface area contributed by atoms with Gasteiger partial charge in [0, 0.05) is 29.5 Å². The molecule has 4 rings (SSSR count). The highest BCUT2D eigenvalue weighted by Gasteiger charge is 2.34. The lowest BCUT2D eigenvalue weighted by molar-refractivity contribution is -0.135. The van der Waals surface area contributed by atoms with Crippen molar-refractivity contribution in [2.75, 3.05) is 48.1 Å². The molecule has 3 aromatic carbocycles. The van der Waals surface area contributed by atoms with Crippen molar-refractivity contribution in [3.05, 3.63) is 34.3 Å². The van der Waals surface area contributed by atoms with Crippen LogP contribution in [0.3, 0.4) is 0 Å². The Labute approximate surface area is 221 Å². The van der Waals surface area contributed by atoms with Crippen molar-refractivity contribution >= 4 is 43.4 Å². The Morgan fingerprint density at radius 2 is 1.33 bits per heavy atom. The standard InChI is InChI=1S/C28H35BrN2O5/c1-7-30(8-2)28(32)22-10-9-11-31(22)16-21-19-14-25(35-5)23(33-3)12-17(19)18-13-24(34-4)26(36-6)15-20(18)27(21)29/h12-15,22H,7-11,16H2,1-6H3/t22-/m1/s1. The van der Waals surface area contributed by atoms with E-state index >= 15 is 0 Å². The zero-order chi connectivity index (χ0) is 26.0. The van der Waals surface area contributed by atoms with Gasteiger partial charge in [-0.05, 0) is 95.2 Å². The zero-order valence-electron chi connectivity index (χ0n) is 21.9. The Balaban J connectivity index is 1.94. The van der Waals surface area contributed by atoms with E-state index < -0.39 is 0 Å². The fourth-order valence-corrected chi connectivity index (χ4v) is 5.98. The molecule has 1 aliphatic rings. The molecule has 0 radical (unpaired) electrons. The number of likely N-dealkylation sites (N-methyl/N-ethyl adjacent to an activating group) is 1. The molecule has 0 bridgehead atoms. The van der Waals surface area contributed by atoms with E-state index in [0.29, 0.717) is 29.5 Å². The fraction of sp³-hybridized carbons (Fsp3) is 0.464. The number of amides is 1. The predicted molar refractivity (Wildman–Crippen MR) is 147 cm³/mol. The highest BCUT2D eigenvalue weighted by Crippen LogP contribution is 2.45. The number of rotatable bonds is 9. The molecule has 1 heterocycles. The van der Waals surface area contributed by atoms with Crippen LogP contribution < -0.4 is 18.9 Å². The van der Waals surface area contributed by atoms with Crippen molar-refractivity contribution in [2.45, 2.75) is 39.3 Å². The number of hydrogen-bond donors (Lipinski definition) is 0. The van der Waals surface area contributed by atoms with Crippen molar-refractivity contribution in [2.24, 2.45) is 0 Å². The van der Waals surface area contributed by atoms with Crippen LogP contribution in [0.15, 0.2) is 28.7 Å². The molecule has 1 atom stereocenters. The van der Waals surface area contributed by atoms with Crippen molar-refractivity contribution in [3.63, 3.8) is 0 Å². The minimum Gasteiger partial charge on any atom is -0.493 e. The van der Waals surface area contributed by atoms with Crippen LogP contribution in [0.5, 0.6) is 23.0 Å². The minimum absolute atomic E-state index is 0.118. The third kappa shape index (κ3) is 4.57. The van der Waals surface area contributed by atoms with Gasteiger partial charge in [-0.1, -0.05) is 0 Å². The number of methoxy groups -OCH3 is 4. The van der Waals surface area contributed by atoms with Gasteiger partial charge in [-0.3, -0.25) is 9.69 Å². The lowest BCUT2D eigenvalue weighted by atomic mass is 9.95. The van der Waals surface area contributed by atoms with Crippen LogP contribution >= 0.6 is 15.9 Å². The van der Waals surface area contributed by atoms with Crippen LogP contribution in [0.4, 0.5) is 0 Å². The number of nitrogens with zero attached hydrogens (tertiary/aromatic N) is 2. The smallest absolute Gasteiger partial charge is 0.239 e. The van der Waals surface area contributed by atoms with Crippen molar-refractivity contribution in [3.8, 4) is 23.0 Å². The summed E-state index contributed by atoms with van der Waals surface area (Å²) in [5, 5.41) is 4.08. The first-order chi connectivity index (χ1) is 17.4. The molecule has 1 amide bonds. The van der Waals surface area contributed by atoms with Gasteiger partial charge in [0.2, 0.25) is 5.91 Å². The van der Waals surface area contributed by atoms with E-state index in [4.69, 9.17) is 18.9 Å². The summed E-state index contributed by atoms with van der Waals surface area (Å²) < 4.78 is 23.5. The average Bonchev–Trinajstić information content (AvgIpc) is 3.38. The first-order valence-electron chi connectivity index (χ1n) is 12.4. The number of ether oxygens (including phenoxy) is 4. The number of halogens is 1. The number of benzene rings is 3. The summed E-state index contributed by atoms with van der Waals surface area (Å²) in [6.07, 6.45) is 1.88. The molecule has 8 heteroatoms. The summed E-state index contributed by atoms with van der Waals surface area (Å²) in [7, 11) is 6.57. The molecule has 0 aliphatic carbocycles. The maximum Gasteiger partial charge on any atom is 0.239 e. The SMILES string of the molecule is CCN(CC)C(=O)[C@H]1CCCN1Cc1c(Br)c2cc(OC)c(OC)cc2c2cc(OC)c(OC)cc12. The minimum atomic E-state index is -0.118. The predicted octanol–water partition coefficient (Wildman–Crippen LogP) is 5.62. The summed E-state index contributed by atoms with van der Waals surface area (Å²) in [5.41, 5.74) is 1.10. The first kappa shape index (κ1) is 26.4. The molecule has 0 N–H and O–H groups in total. The van der Waals surface area contributed by atoms with Crippen LogP contribution in [-0.2, 0) is 11.3 Å². The monoisotopic (exact) mass is 558 g/mol. The highest BCUT2D eigenvalue weighted by atomic mass is 79.9. The van der Waals surface area contributed by atoms with Crippen molar-refractivity contribution < 1.29 is 23.7 Å². The van der Waals surface area contributed by atoms with Gasteiger partial charge in [-0.2, -0.15) is 0 Å². The molecule has 0 saturated carbocycles. The normalized spacial score (nSPS) is 15.9. The van der Waals surface area contributed by atoms with Crippen molar-refractivity contribution in [1.29, 1.82) is 0 Å². The number of likely N-dealkylation sites (tertiary alicyclic amines) is 1. The molecular formula is C28H35BrN2O5. The number of carbonyl (C=O) groups is 1.